The minimum atomic E-state index is -0.460. The molecule has 0 unspecified atom stereocenters. The first-order chi connectivity index (χ1) is 8.96. The lowest BCUT2D eigenvalue weighted by Gasteiger charge is -2.24. The first-order valence-electron chi connectivity index (χ1n) is 6.71. The predicted molar refractivity (Wildman–Crippen MR) is 82.5 cm³/mol. The van der Waals surface area contributed by atoms with Crippen molar-refractivity contribution in [3.63, 3.8) is 0 Å². The van der Waals surface area contributed by atoms with Crippen LogP contribution in [-0.4, -0.2) is 30.8 Å². The number of alkyl carbamates (subject to hydrolysis) is 1. The van der Waals surface area contributed by atoms with Crippen molar-refractivity contribution in [1.82, 2.24) is 10.6 Å². The van der Waals surface area contributed by atoms with Gasteiger partial charge in [0.25, 0.3) is 0 Å². The summed E-state index contributed by atoms with van der Waals surface area (Å²) in [6.45, 7) is 7.26. The van der Waals surface area contributed by atoms with Crippen LogP contribution in [-0.2, 0) is 4.74 Å². The summed E-state index contributed by atoms with van der Waals surface area (Å²) in [6, 6.07) is 10.3. The fraction of sp³-hybridized carbons (Fsp3) is 0.533. The highest BCUT2D eigenvalue weighted by atomic mass is 35.5. The molecule has 1 saturated heterocycles. The third kappa shape index (κ3) is 4.69. The Hall–Kier alpha value is -1.26. The number of rotatable bonds is 2. The highest BCUT2D eigenvalue weighted by molar-refractivity contribution is 5.85. The van der Waals surface area contributed by atoms with Crippen molar-refractivity contribution < 1.29 is 9.53 Å². The lowest BCUT2D eigenvalue weighted by Crippen LogP contribution is -2.42. The van der Waals surface area contributed by atoms with Crippen LogP contribution in [0, 0.1) is 0 Å². The second-order valence-corrected chi connectivity index (χ2v) is 5.93. The number of nitrogens with one attached hydrogen (secondary N) is 2. The molecule has 1 fully saturated rings. The maximum absolute atomic E-state index is 11.8. The van der Waals surface area contributed by atoms with Crippen molar-refractivity contribution in [2.24, 2.45) is 0 Å². The molecule has 0 radical (unpaired) electrons. The van der Waals surface area contributed by atoms with Crippen LogP contribution < -0.4 is 10.6 Å². The summed E-state index contributed by atoms with van der Waals surface area (Å²) in [5.41, 5.74) is 0.784. The smallest absolute Gasteiger partial charge is 0.407 e. The van der Waals surface area contributed by atoms with Gasteiger partial charge in [-0.1, -0.05) is 30.3 Å². The fourth-order valence-corrected chi connectivity index (χ4v) is 2.34. The second-order valence-electron chi connectivity index (χ2n) is 5.93. The number of ether oxygens (including phenoxy) is 1. The number of benzene rings is 1. The van der Waals surface area contributed by atoms with Crippen LogP contribution in [0.5, 0.6) is 0 Å². The van der Waals surface area contributed by atoms with Gasteiger partial charge in [0, 0.05) is 19.0 Å². The first kappa shape index (κ1) is 16.8. The van der Waals surface area contributed by atoms with Gasteiger partial charge in [-0.15, -0.1) is 12.4 Å². The number of hydrogen-bond donors (Lipinski definition) is 2. The monoisotopic (exact) mass is 298 g/mol. The normalized spacial score (nSPS) is 21.9. The maximum atomic E-state index is 11.8. The molecule has 0 aromatic heterocycles. The third-order valence-corrected chi connectivity index (χ3v) is 3.14. The SMILES string of the molecule is CC(C)(C)OC(=O)N[C@@H]1CNC[C@H]1c1ccccc1.Cl. The number of carbonyl (C=O) groups is 1. The summed E-state index contributed by atoms with van der Waals surface area (Å²) < 4.78 is 5.31. The van der Waals surface area contributed by atoms with Gasteiger partial charge in [0.1, 0.15) is 5.60 Å². The molecule has 1 aliphatic rings. The second kappa shape index (κ2) is 6.95. The molecule has 2 atom stereocenters. The molecule has 20 heavy (non-hydrogen) atoms. The zero-order valence-electron chi connectivity index (χ0n) is 12.2. The van der Waals surface area contributed by atoms with Crippen molar-refractivity contribution in [2.45, 2.75) is 38.3 Å². The minimum Gasteiger partial charge on any atom is -0.444 e. The summed E-state index contributed by atoms with van der Waals surface area (Å²) in [4.78, 5) is 11.8. The Balaban J connectivity index is 0.00000200. The summed E-state index contributed by atoms with van der Waals surface area (Å²) in [5.74, 6) is 0.300. The molecule has 0 saturated carbocycles. The number of hydrogen-bond acceptors (Lipinski definition) is 3. The molecular weight excluding hydrogens is 276 g/mol. The van der Waals surface area contributed by atoms with Gasteiger partial charge >= 0.3 is 6.09 Å². The lowest BCUT2D eigenvalue weighted by atomic mass is 9.94. The Morgan fingerprint density at radius 3 is 2.50 bits per heavy atom. The average Bonchev–Trinajstić information content (AvgIpc) is 2.75. The van der Waals surface area contributed by atoms with E-state index in [1.165, 1.54) is 5.56 Å². The van der Waals surface area contributed by atoms with Crippen molar-refractivity contribution >= 4 is 18.5 Å². The largest absolute Gasteiger partial charge is 0.444 e. The molecule has 0 bridgehead atoms. The number of halogens is 1. The van der Waals surface area contributed by atoms with E-state index in [0.717, 1.165) is 13.1 Å². The van der Waals surface area contributed by atoms with Gasteiger partial charge in [0.05, 0.1) is 6.04 Å². The predicted octanol–water partition coefficient (Wildman–Crippen LogP) is 2.69. The van der Waals surface area contributed by atoms with E-state index in [1.54, 1.807) is 0 Å². The third-order valence-electron chi connectivity index (χ3n) is 3.14. The molecule has 5 heteroatoms. The zero-order chi connectivity index (χ0) is 13.9. The minimum absolute atomic E-state index is 0. The van der Waals surface area contributed by atoms with Crippen LogP contribution in [0.15, 0.2) is 30.3 Å². The Labute approximate surface area is 126 Å². The topological polar surface area (TPSA) is 50.4 Å². The molecular formula is C15H23ClN2O2. The van der Waals surface area contributed by atoms with E-state index in [0.29, 0.717) is 5.92 Å². The average molecular weight is 299 g/mol. The van der Waals surface area contributed by atoms with E-state index in [9.17, 15) is 4.79 Å². The van der Waals surface area contributed by atoms with Crippen molar-refractivity contribution in [3.8, 4) is 0 Å². The van der Waals surface area contributed by atoms with Crippen LogP contribution in [0.25, 0.3) is 0 Å². The van der Waals surface area contributed by atoms with Crippen molar-refractivity contribution in [3.05, 3.63) is 35.9 Å². The fourth-order valence-electron chi connectivity index (χ4n) is 2.34. The molecule has 0 spiro atoms. The summed E-state index contributed by atoms with van der Waals surface area (Å²) in [7, 11) is 0. The van der Waals surface area contributed by atoms with Gasteiger partial charge in [0.15, 0.2) is 0 Å². The summed E-state index contributed by atoms with van der Waals surface area (Å²) in [6.07, 6.45) is -0.345. The molecule has 1 aromatic carbocycles. The Morgan fingerprint density at radius 2 is 1.90 bits per heavy atom. The van der Waals surface area contributed by atoms with Crippen LogP contribution >= 0.6 is 12.4 Å². The molecule has 2 rings (SSSR count). The highest BCUT2D eigenvalue weighted by Crippen LogP contribution is 2.22. The van der Waals surface area contributed by atoms with Crippen LogP contribution in [0.4, 0.5) is 4.79 Å². The van der Waals surface area contributed by atoms with Gasteiger partial charge in [-0.2, -0.15) is 0 Å². The Morgan fingerprint density at radius 1 is 1.25 bits per heavy atom. The molecule has 1 aliphatic heterocycles. The summed E-state index contributed by atoms with van der Waals surface area (Å²) >= 11 is 0. The van der Waals surface area contributed by atoms with Crippen molar-refractivity contribution in [2.75, 3.05) is 13.1 Å². The number of amides is 1. The number of carbonyl (C=O) groups excluding carboxylic acids is 1. The standard InChI is InChI=1S/C15H22N2O2.ClH/c1-15(2,3)19-14(18)17-13-10-16-9-12(13)11-7-5-4-6-8-11;/h4-8,12-13,16H,9-10H2,1-3H3,(H,17,18);1H/t12-,13+;/m0./s1. The highest BCUT2D eigenvalue weighted by Gasteiger charge is 2.30. The van der Waals surface area contributed by atoms with E-state index in [1.807, 2.05) is 39.0 Å². The quantitative estimate of drug-likeness (QED) is 0.882. The molecule has 1 heterocycles. The van der Waals surface area contributed by atoms with E-state index >= 15 is 0 Å². The van der Waals surface area contributed by atoms with Gasteiger partial charge in [-0.3, -0.25) is 0 Å². The molecule has 1 aromatic rings. The van der Waals surface area contributed by atoms with Crippen molar-refractivity contribution in [1.29, 1.82) is 0 Å². The summed E-state index contributed by atoms with van der Waals surface area (Å²) in [5, 5.41) is 6.28. The Bertz CT molecular complexity index is 431. The van der Waals surface area contributed by atoms with Crippen LogP contribution in [0.2, 0.25) is 0 Å². The van der Waals surface area contributed by atoms with E-state index in [-0.39, 0.29) is 24.5 Å². The van der Waals surface area contributed by atoms with E-state index < -0.39 is 5.60 Å². The van der Waals surface area contributed by atoms with E-state index in [2.05, 4.69) is 22.8 Å². The van der Waals surface area contributed by atoms with Gasteiger partial charge in [-0.25, -0.2) is 4.79 Å². The van der Waals surface area contributed by atoms with Crippen LogP contribution in [0.3, 0.4) is 0 Å². The Kier molecular flexibility index (Phi) is 5.84. The first-order valence-corrected chi connectivity index (χ1v) is 6.71. The zero-order valence-corrected chi connectivity index (χ0v) is 13.0. The van der Waals surface area contributed by atoms with Gasteiger partial charge in [0.2, 0.25) is 0 Å². The molecule has 112 valence electrons. The molecule has 1 amide bonds. The molecule has 0 aliphatic carbocycles. The van der Waals surface area contributed by atoms with Gasteiger partial charge in [-0.05, 0) is 26.3 Å². The molecule has 4 nitrogen and oxygen atoms in total. The maximum Gasteiger partial charge on any atom is 0.407 e. The van der Waals surface area contributed by atoms with Crippen LogP contribution in [0.1, 0.15) is 32.3 Å². The van der Waals surface area contributed by atoms with Gasteiger partial charge < -0.3 is 15.4 Å². The van der Waals surface area contributed by atoms with E-state index in [4.69, 9.17) is 4.74 Å². The molecule has 2 N–H and O–H groups in total. The lowest BCUT2D eigenvalue weighted by molar-refractivity contribution is 0.0504.